The highest BCUT2D eigenvalue weighted by Gasteiger charge is 2.47. The molecule has 1 atom stereocenters. The second-order valence-corrected chi connectivity index (χ2v) is 8.92. The van der Waals surface area contributed by atoms with E-state index in [0.29, 0.717) is 41.3 Å². The molecule has 1 amide bonds. The van der Waals surface area contributed by atoms with Gasteiger partial charge in [0.2, 0.25) is 0 Å². The van der Waals surface area contributed by atoms with Crippen molar-refractivity contribution in [1.82, 2.24) is 9.80 Å². The van der Waals surface area contributed by atoms with Crippen molar-refractivity contribution in [2.75, 3.05) is 41.4 Å². The molecule has 1 saturated heterocycles. The second kappa shape index (κ2) is 11.3. The van der Waals surface area contributed by atoms with Crippen molar-refractivity contribution in [1.29, 1.82) is 0 Å². The van der Waals surface area contributed by atoms with Crippen LogP contribution in [0.1, 0.15) is 37.4 Å². The van der Waals surface area contributed by atoms with Gasteiger partial charge in [-0.15, -0.1) is 0 Å². The summed E-state index contributed by atoms with van der Waals surface area (Å²) >= 11 is 0. The minimum atomic E-state index is -0.825. The zero-order valence-corrected chi connectivity index (χ0v) is 21.2. The fourth-order valence-corrected chi connectivity index (χ4v) is 4.24. The zero-order valence-electron chi connectivity index (χ0n) is 21.2. The number of nitrogens with zero attached hydrogens (tertiary/aromatic N) is 2. The predicted octanol–water partition coefficient (Wildman–Crippen LogP) is 3.86. The number of rotatable bonds is 10. The molecule has 8 heteroatoms. The number of likely N-dealkylation sites (tertiary alicyclic amines) is 1. The molecule has 0 aromatic heterocycles. The van der Waals surface area contributed by atoms with E-state index in [-0.39, 0.29) is 17.4 Å². The summed E-state index contributed by atoms with van der Waals surface area (Å²) in [6, 6.07) is 11.3. The van der Waals surface area contributed by atoms with Gasteiger partial charge in [-0.25, -0.2) is 0 Å². The summed E-state index contributed by atoms with van der Waals surface area (Å²) in [6.07, 6.45) is 0.659. The Hall–Kier alpha value is -3.52. The summed E-state index contributed by atoms with van der Waals surface area (Å²) in [6.45, 7) is 4.92. The van der Waals surface area contributed by atoms with Crippen molar-refractivity contribution in [2.45, 2.75) is 32.4 Å². The molecule has 0 bridgehead atoms. The van der Waals surface area contributed by atoms with Crippen LogP contribution in [-0.4, -0.2) is 74.1 Å². The quantitative estimate of drug-likeness (QED) is 0.312. The van der Waals surface area contributed by atoms with Gasteiger partial charge >= 0.3 is 0 Å². The van der Waals surface area contributed by atoms with E-state index >= 15 is 0 Å². The van der Waals surface area contributed by atoms with Crippen LogP contribution in [-0.2, 0) is 9.59 Å². The molecule has 0 radical (unpaired) electrons. The van der Waals surface area contributed by atoms with Gasteiger partial charge in [-0.05, 0) is 71.2 Å². The van der Waals surface area contributed by atoms with Crippen LogP contribution in [0.4, 0.5) is 0 Å². The molecule has 1 aliphatic rings. The van der Waals surface area contributed by atoms with E-state index in [0.717, 1.165) is 6.54 Å². The Kier molecular flexibility index (Phi) is 8.40. The van der Waals surface area contributed by atoms with Crippen LogP contribution in [0.15, 0.2) is 48.0 Å². The third-order valence-electron chi connectivity index (χ3n) is 5.77. The standard InChI is InChI=1S/C27H34N2O6/c1-17(2)35-19-13-11-18(12-14-19)24(30)22-23(20-9-7-10-21(33-5)26(20)34-6)29(27(32)25(22)31)16-8-15-28(3)4/h7,9-14,17,23,30H,8,15-16H2,1-6H3/b24-22+/t23-/m1/s1. The van der Waals surface area contributed by atoms with E-state index in [4.69, 9.17) is 14.2 Å². The number of carbonyl (C=O) groups excluding carboxylic acids is 2. The van der Waals surface area contributed by atoms with Crippen molar-refractivity contribution in [3.8, 4) is 17.2 Å². The number of benzene rings is 2. The Morgan fingerprint density at radius 1 is 1.06 bits per heavy atom. The molecule has 3 rings (SSSR count). The Bertz CT molecular complexity index is 1090. The number of carbonyl (C=O) groups is 2. The van der Waals surface area contributed by atoms with Gasteiger partial charge in [0.25, 0.3) is 11.7 Å². The monoisotopic (exact) mass is 482 g/mol. The van der Waals surface area contributed by atoms with Crippen molar-refractivity contribution in [2.24, 2.45) is 0 Å². The van der Waals surface area contributed by atoms with Crippen LogP contribution in [0.3, 0.4) is 0 Å². The second-order valence-electron chi connectivity index (χ2n) is 8.92. The van der Waals surface area contributed by atoms with Gasteiger partial charge in [-0.2, -0.15) is 0 Å². The van der Waals surface area contributed by atoms with Gasteiger partial charge in [0.15, 0.2) is 11.5 Å². The van der Waals surface area contributed by atoms with Crippen molar-refractivity contribution < 1.29 is 28.9 Å². The molecule has 2 aromatic rings. The van der Waals surface area contributed by atoms with Gasteiger partial charge in [0.1, 0.15) is 11.5 Å². The molecule has 0 saturated carbocycles. The minimum absolute atomic E-state index is 0.00228. The molecule has 35 heavy (non-hydrogen) atoms. The molecule has 1 N–H and O–H groups in total. The molecule has 0 unspecified atom stereocenters. The van der Waals surface area contributed by atoms with Crippen LogP contribution in [0.5, 0.6) is 17.2 Å². The minimum Gasteiger partial charge on any atom is -0.507 e. The lowest BCUT2D eigenvalue weighted by Gasteiger charge is -2.27. The van der Waals surface area contributed by atoms with Crippen molar-refractivity contribution in [3.63, 3.8) is 0 Å². The van der Waals surface area contributed by atoms with Gasteiger partial charge in [0, 0.05) is 17.7 Å². The first kappa shape index (κ1) is 26.1. The summed E-state index contributed by atoms with van der Waals surface area (Å²) in [5.41, 5.74) is 1.00. The number of hydrogen-bond acceptors (Lipinski definition) is 7. The number of para-hydroxylation sites is 1. The highest BCUT2D eigenvalue weighted by molar-refractivity contribution is 6.46. The first-order valence-electron chi connectivity index (χ1n) is 11.6. The molecular formula is C27H34N2O6. The maximum absolute atomic E-state index is 13.3. The molecule has 0 aliphatic carbocycles. The third kappa shape index (κ3) is 5.59. The smallest absolute Gasteiger partial charge is 0.295 e. The molecular weight excluding hydrogens is 448 g/mol. The maximum atomic E-state index is 13.3. The molecule has 1 fully saturated rings. The number of methoxy groups -OCH3 is 2. The lowest BCUT2D eigenvalue weighted by atomic mass is 9.94. The summed E-state index contributed by atoms with van der Waals surface area (Å²) in [4.78, 5) is 29.9. The molecule has 1 heterocycles. The SMILES string of the molecule is COc1cccc([C@@H]2/C(=C(\O)c3ccc(OC(C)C)cc3)C(=O)C(=O)N2CCCN(C)C)c1OC. The Balaban J connectivity index is 2.14. The Labute approximate surface area is 206 Å². The van der Waals surface area contributed by atoms with Crippen molar-refractivity contribution >= 4 is 17.4 Å². The number of aliphatic hydroxyl groups excluding tert-OH is 1. The molecule has 0 spiro atoms. The number of aliphatic hydroxyl groups is 1. The summed E-state index contributed by atoms with van der Waals surface area (Å²) in [5.74, 6) is -0.106. The van der Waals surface area contributed by atoms with Gasteiger partial charge in [-0.3, -0.25) is 9.59 Å². The number of hydrogen-bond donors (Lipinski definition) is 1. The fourth-order valence-electron chi connectivity index (χ4n) is 4.24. The average molecular weight is 483 g/mol. The topological polar surface area (TPSA) is 88.5 Å². The van der Waals surface area contributed by atoms with Crippen LogP contribution in [0.25, 0.3) is 5.76 Å². The first-order valence-corrected chi connectivity index (χ1v) is 11.6. The van der Waals surface area contributed by atoms with E-state index < -0.39 is 17.7 Å². The normalized spacial score (nSPS) is 17.4. The summed E-state index contributed by atoms with van der Waals surface area (Å²) in [5, 5.41) is 11.3. The highest BCUT2D eigenvalue weighted by atomic mass is 16.5. The largest absolute Gasteiger partial charge is 0.507 e. The summed E-state index contributed by atoms with van der Waals surface area (Å²) < 4.78 is 16.8. The van der Waals surface area contributed by atoms with E-state index in [1.165, 1.54) is 19.1 Å². The van der Waals surface area contributed by atoms with Gasteiger partial charge in [0.05, 0.1) is 31.9 Å². The lowest BCUT2D eigenvalue weighted by molar-refractivity contribution is -0.140. The van der Waals surface area contributed by atoms with E-state index in [1.54, 1.807) is 42.5 Å². The zero-order chi connectivity index (χ0) is 25.7. The fraction of sp³-hybridized carbons (Fsp3) is 0.407. The Morgan fingerprint density at radius 2 is 1.74 bits per heavy atom. The summed E-state index contributed by atoms with van der Waals surface area (Å²) in [7, 11) is 6.93. The molecule has 188 valence electrons. The Morgan fingerprint density at radius 3 is 2.31 bits per heavy atom. The van der Waals surface area contributed by atoms with E-state index in [1.807, 2.05) is 32.8 Å². The van der Waals surface area contributed by atoms with Crippen molar-refractivity contribution in [3.05, 3.63) is 59.2 Å². The molecule has 2 aromatic carbocycles. The van der Waals surface area contributed by atoms with E-state index in [9.17, 15) is 14.7 Å². The van der Waals surface area contributed by atoms with Crippen LogP contribution < -0.4 is 14.2 Å². The van der Waals surface area contributed by atoms with Crippen LogP contribution in [0.2, 0.25) is 0 Å². The molecule has 1 aliphatic heterocycles. The highest BCUT2D eigenvalue weighted by Crippen LogP contribution is 2.45. The predicted molar refractivity (Wildman–Crippen MR) is 134 cm³/mol. The average Bonchev–Trinajstić information content (AvgIpc) is 3.07. The first-order chi connectivity index (χ1) is 16.7. The van der Waals surface area contributed by atoms with E-state index in [2.05, 4.69) is 0 Å². The van der Waals surface area contributed by atoms with Gasteiger partial charge in [-0.1, -0.05) is 12.1 Å². The third-order valence-corrected chi connectivity index (χ3v) is 5.77. The van der Waals surface area contributed by atoms with Gasteiger partial charge < -0.3 is 29.1 Å². The number of Topliss-reactive ketones (excluding diaryl/α,β-unsaturated/α-hetero) is 1. The van der Waals surface area contributed by atoms with Crippen LogP contribution in [0, 0.1) is 0 Å². The molecule has 8 nitrogen and oxygen atoms in total. The number of ketones is 1. The number of amides is 1. The number of ether oxygens (including phenoxy) is 3. The maximum Gasteiger partial charge on any atom is 0.295 e. The van der Waals surface area contributed by atoms with Crippen LogP contribution >= 0.6 is 0 Å². The lowest BCUT2D eigenvalue weighted by Crippen LogP contribution is -2.32.